The van der Waals surface area contributed by atoms with Crippen LogP contribution in [0, 0.1) is 5.82 Å². The molecule has 0 amide bonds. The lowest BCUT2D eigenvalue weighted by molar-refractivity contribution is 0.148. The number of nitrogens with zero attached hydrogens (tertiary/aromatic N) is 1. The fourth-order valence-electron chi connectivity index (χ4n) is 1.78. The monoisotopic (exact) mass is 274 g/mol. The molecule has 0 aliphatic carbocycles. The Labute approximate surface area is 105 Å². The van der Waals surface area contributed by atoms with Crippen LogP contribution in [0.5, 0.6) is 0 Å². The maximum Gasteiger partial charge on any atom is 0.243 e. The number of benzene rings is 1. The summed E-state index contributed by atoms with van der Waals surface area (Å²) in [7, 11) is -3.67. The highest BCUT2D eigenvalue weighted by Gasteiger charge is 2.25. The Balaban J connectivity index is 2.31. The fourth-order valence-corrected chi connectivity index (χ4v) is 3.26. The lowest BCUT2D eigenvalue weighted by Gasteiger charge is -2.19. The van der Waals surface area contributed by atoms with Crippen molar-refractivity contribution < 1.29 is 17.5 Å². The van der Waals surface area contributed by atoms with Crippen molar-refractivity contribution in [1.82, 2.24) is 4.31 Å². The van der Waals surface area contributed by atoms with Gasteiger partial charge in [-0.25, -0.2) is 12.8 Å². The topological polar surface area (TPSA) is 72.6 Å². The molecule has 2 N–H and O–H groups in total. The van der Waals surface area contributed by atoms with Crippen molar-refractivity contribution in [1.29, 1.82) is 0 Å². The van der Waals surface area contributed by atoms with Gasteiger partial charge in [0.25, 0.3) is 0 Å². The first-order valence-electron chi connectivity index (χ1n) is 5.65. The average molecular weight is 274 g/mol. The molecule has 100 valence electrons. The molecule has 0 bridgehead atoms. The molecular weight excluding hydrogens is 259 g/mol. The fraction of sp³-hybridized carbons (Fsp3) is 0.455. The number of rotatable bonds is 2. The zero-order valence-electron chi connectivity index (χ0n) is 9.80. The van der Waals surface area contributed by atoms with Crippen LogP contribution in [0.25, 0.3) is 0 Å². The molecule has 1 saturated heterocycles. The van der Waals surface area contributed by atoms with E-state index >= 15 is 0 Å². The van der Waals surface area contributed by atoms with Crippen LogP contribution in [0.3, 0.4) is 0 Å². The van der Waals surface area contributed by atoms with Crippen LogP contribution in [0.4, 0.5) is 10.1 Å². The van der Waals surface area contributed by atoms with E-state index in [1.54, 1.807) is 0 Å². The Morgan fingerprint density at radius 3 is 2.78 bits per heavy atom. The third-order valence-corrected chi connectivity index (χ3v) is 4.69. The second-order valence-corrected chi connectivity index (χ2v) is 5.99. The molecule has 18 heavy (non-hydrogen) atoms. The minimum atomic E-state index is -3.67. The molecule has 1 aliphatic rings. The Hall–Kier alpha value is -1.18. The predicted molar refractivity (Wildman–Crippen MR) is 65.0 cm³/mol. The SMILES string of the molecule is Nc1ccc(S(=O)(=O)N2CCCOCC2)cc1F. The summed E-state index contributed by atoms with van der Waals surface area (Å²) in [6.07, 6.45) is 0.636. The number of anilines is 1. The van der Waals surface area contributed by atoms with Crippen LogP contribution in [0.15, 0.2) is 23.1 Å². The van der Waals surface area contributed by atoms with Crippen LogP contribution in [-0.2, 0) is 14.8 Å². The van der Waals surface area contributed by atoms with Crippen molar-refractivity contribution in [3.63, 3.8) is 0 Å². The molecule has 1 heterocycles. The van der Waals surface area contributed by atoms with E-state index in [4.69, 9.17) is 10.5 Å². The van der Waals surface area contributed by atoms with Crippen LogP contribution in [0.2, 0.25) is 0 Å². The van der Waals surface area contributed by atoms with Gasteiger partial charge in [0.05, 0.1) is 17.2 Å². The number of nitrogens with two attached hydrogens (primary N) is 1. The first-order chi connectivity index (χ1) is 8.51. The van der Waals surface area contributed by atoms with Gasteiger partial charge in [-0.3, -0.25) is 0 Å². The van der Waals surface area contributed by atoms with Gasteiger partial charge in [-0.15, -0.1) is 0 Å². The number of hydrogen-bond acceptors (Lipinski definition) is 4. The summed E-state index contributed by atoms with van der Waals surface area (Å²) < 4.78 is 44.4. The van der Waals surface area contributed by atoms with Crippen molar-refractivity contribution in [3.8, 4) is 0 Å². The van der Waals surface area contributed by atoms with Crippen LogP contribution in [0.1, 0.15) is 6.42 Å². The highest BCUT2D eigenvalue weighted by Crippen LogP contribution is 2.20. The van der Waals surface area contributed by atoms with Gasteiger partial charge >= 0.3 is 0 Å². The molecule has 0 spiro atoms. The largest absolute Gasteiger partial charge is 0.396 e. The molecule has 1 aliphatic heterocycles. The number of hydrogen-bond donors (Lipinski definition) is 1. The molecule has 1 fully saturated rings. The van der Waals surface area contributed by atoms with E-state index in [1.165, 1.54) is 16.4 Å². The van der Waals surface area contributed by atoms with E-state index in [0.29, 0.717) is 26.2 Å². The van der Waals surface area contributed by atoms with Gasteiger partial charge in [0, 0.05) is 19.7 Å². The summed E-state index contributed by atoms with van der Waals surface area (Å²) in [4.78, 5) is -0.0731. The normalized spacial score (nSPS) is 18.5. The van der Waals surface area contributed by atoms with E-state index in [9.17, 15) is 12.8 Å². The lowest BCUT2D eigenvalue weighted by atomic mass is 10.3. The van der Waals surface area contributed by atoms with Crippen molar-refractivity contribution in [2.24, 2.45) is 0 Å². The number of ether oxygens (including phenoxy) is 1. The van der Waals surface area contributed by atoms with Crippen molar-refractivity contribution in [2.75, 3.05) is 32.0 Å². The summed E-state index contributed by atoms with van der Waals surface area (Å²) in [6, 6.07) is 3.53. The lowest BCUT2D eigenvalue weighted by Crippen LogP contribution is -2.33. The van der Waals surface area contributed by atoms with Crippen LogP contribution >= 0.6 is 0 Å². The van der Waals surface area contributed by atoms with E-state index in [0.717, 1.165) is 6.07 Å². The van der Waals surface area contributed by atoms with E-state index in [1.807, 2.05) is 0 Å². The van der Waals surface area contributed by atoms with Crippen molar-refractivity contribution >= 4 is 15.7 Å². The minimum absolute atomic E-state index is 0.0619. The molecule has 5 nitrogen and oxygen atoms in total. The maximum atomic E-state index is 13.3. The Kier molecular flexibility index (Phi) is 3.84. The third-order valence-electron chi connectivity index (χ3n) is 2.79. The second kappa shape index (κ2) is 5.21. The van der Waals surface area contributed by atoms with Crippen LogP contribution in [-0.4, -0.2) is 39.0 Å². The zero-order valence-corrected chi connectivity index (χ0v) is 10.6. The summed E-state index contributed by atoms with van der Waals surface area (Å²) in [5, 5.41) is 0. The first kappa shape index (κ1) is 13.3. The molecule has 7 heteroatoms. The standard InChI is InChI=1S/C11H15FN2O3S/c12-10-8-9(2-3-11(10)13)18(15,16)14-4-1-6-17-7-5-14/h2-3,8H,1,4-7,13H2. The molecule has 1 aromatic carbocycles. The highest BCUT2D eigenvalue weighted by molar-refractivity contribution is 7.89. The van der Waals surface area contributed by atoms with Crippen LogP contribution < -0.4 is 5.73 Å². The van der Waals surface area contributed by atoms with Gasteiger partial charge in [-0.1, -0.05) is 0 Å². The Bertz CT molecular complexity index is 525. The maximum absolute atomic E-state index is 13.3. The molecule has 0 saturated carbocycles. The summed E-state index contributed by atoms with van der Waals surface area (Å²) in [5.74, 6) is -0.720. The minimum Gasteiger partial charge on any atom is -0.396 e. The van der Waals surface area contributed by atoms with E-state index in [-0.39, 0.29) is 17.1 Å². The highest BCUT2D eigenvalue weighted by atomic mass is 32.2. The predicted octanol–water partition coefficient (Wildman–Crippen LogP) is 0.819. The van der Waals surface area contributed by atoms with Gasteiger partial charge in [-0.05, 0) is 24.6 Å². The summed E-state index contributed by atoms with van der Waals surface area (Å²) in [5.41, 5.74) is 5.27. The molecule has 2 rings (SSSR count). The van der Waals surface area contributed by atoms with Gasteiger partial charge in [0.15, 0.2) is 0 Å². The molecule has 0 aromatic heterocycles. The number of sulfonamides is 1. The van der Waals surface area contributed by atoms with Gasteiger partial charge in [0.1, 0.15) is 5.82 Å². The molecule has 1 aromatic rings. The quantitative estimate of drug-likeness (QED) is 0.810. The Morgan fingerprint density at radius 2 is 2.06 bits per heavy atom. The smallest absolute Gasteiger partial charge is 0.243 e. The first-order valence-corrected chi connectivity index (χ1v) is 7.09. The Morgan fingerprint density at radius 1 is 1.28 bits per heavy atom. The second-order valence-electron chi connectivity index (χ2n) is 4.05. The summed E-state index contributed by atoms with van der Waals surface area (Å²) >= 11 is 0. The molecule has 0 radical (unpaired) electrons. The van der Waals surface area contributed by atoms with E-state index < -0.39 is 15.8 Å². The average Bonchev–Trinajstić information content (AvgIpc) is 2.61. The number of nitrogen functional groups attached to an aromatic ring is 1. The van der Waals surface area contributed by atoms with Gasteiger partial charge < -0.3 is 10.5 Å². The van der Waals surface area contributed by atoms with Gasteiger partial charge in [0.2, 0.25) is 10.0 Å². The number of halogens is 1. The molecular formula is C11H15FN2O3S. The summed E-state index contributed by atoms with van der Waals surface area (Å²) in [6.45, 7) is 1.57. The molecule has 0 unspecified atom stereocenters. The van der Waals surface area contributed by atoms with Gasteiger partial charge in [-0.2, -0.15) is 4.31 Å². The van der Waals surface area contributed by atoms with E-state index in [2.05, 4.69) is 0 Å². The van der Waals surface area contributed by atoms with Crippen molar-refractivity contribution in [2.45, 2.75) is 11.3 Å². The zero-order chi connectivity index (χ0) is 13.2. The molecule has 0 atom stereocenters. The third kappa shape index (κ3) is 2.63. The van der Waals surface area contributed by atoms with Crippen molar-refractivity contribution in [3.05, 3.63) is 24.0 Å².